The molecule has 0 aliphatic carbocycles. The summed E-state index contributed by atoms with van der Waals surface area (Å²) < 4.78 is 10.4. The second-order valence-electron chi connectivity index (χ2n) is 4.27. The van der Waals surface area contributed by atoms with Crippen molar-refractivity contribution in [2.24, 2.45) is 0 Å². The van der Waals surface area contributed by atoms with Crippen molar-refractivity contribution in [1.82, 2.24) is 9.97 Å². The van der Waals surface area contributed by atoms with Gasteiger partial charge in [0.05, 0.1) is 24.5 Å². The number of carbonyl (C=O) groups is 1. The Morgan fingerprint density at radius 1 is 1.23 bits per heavy atom. The molecule has 0 bridgehead atoms. The van der Waals surface area contributed by atoms with Crippen LogP contribution in [0.1, 0.15) is 24.2 Å². The number of benzene rings is 1. The van der Waals surface area contributed by atoms with Gasteiger partial charge >= 0.3 is 5.97 Å². The SMILES string of the molecule is CCOC(=O)c1ccccc1Nc1ncnc(OCC)c1N. The van der Waals surface area contributed by atoms with Crippen LogP contribution in [-0.2, 0) is 4.74 Å². The van der Waals surface area contributed by atoms with Crippen molar-refractivity contribution < 1.29 is 14.3 Å². The van der Waals surface area contributed by atoms with Gasteiger partial charge in [-0.05, 0) is 26.0 Å². The fourth-order valence-electron chi connectivity index (χ4n) is 1.84. The number of nitrogens with one attached hydrogen (secondary N) is 1. The van der Waals surface area contributed by atoms with E-state index in [1.165, 1.54) is 6.33 Å². The van der Waals surface area contributed by atoms with Crippen molar-refractivity contribution in [3.63, 3.8) is 0 Å². The molecular weight excluding hydrogens is 284 g/mol. The molecule has 0 spiro atoms. The maximum Gasteiger partial charge on any atom is 0.340 e. The van der Waals surface area contributed by atoms with Gasteiger partial charge in [-0.2, -0.15) is 4.98 Å². The number of nitrogen functional groups attached to an aromatic ring is 1. The fourth-order valence-corrected chi connectivity index (χ4v) is 1.84. The summed E-state index contributed by atoms with van der Waals surface area (Å²) >= 11 is 0. The van der Waals surface area contributed by atoms with Gasteiger partial charge in [-0.15, -0.1) is 0 Å². The smallest absolute Gasteiger partial charge is 0.340 e. The molecule has 7 nitrogen and oxygen atoms in total. The van der Waals surface area contributed by atoms with Gasteiger partial charge in [0.15, 0.2) is 5.82 Å². The first kappa shape index (κ1) is 15.6. The summed E-state index contributed by atoms with van der Waals surface area (Å²) in [6, 6.07) is 6.97. The summed E-state index contributed by atoms with van der Waals surface area (Å²) in [7, 11) is 0. The van der Waals surface area contributed by atoms with E-state index in [-0.39, 0.29) is 5.69 Å². The lowest BCUT2D eigenvalue weighted by molar-refractivity contribution is 0.0527. The van der Waals surface area contributed by atoms with Gasteiger partial charge in [0.2, 0.25) is 5.88 Å². The van der Waals surface area contributed by atoms with E-state index in [1.54, 1.807) is 31.2 Å². The number of nitrogens with zero attached hydrogens (tertiary/aromatic N) is 2. The minimum absolute atomic E-state index is 0.281. The first-order valence-corrected chi connectivity index (χ1v) is 6.93. The molecule has 0 aliphatic heterocycles. The van der Waals surface area contributed by atoms with Crippen LogP contribution in [-0.4, -0.2) is 29.2 Å². The van der Waals surface area contributed by atoms with Crippen LogP contribution in [0, 0.1) is 0 Å². The van der Waals surface area contributed by atoms with E-state index in [0.29, 0.717) is 36.2 Å². The average Bonchev–Trinajstić information content (AvgIpc) is 2.52. The summed E-state index contributed by atoms with van der Waals surface area (Å²) in [5.41, 5.74) is 7.21. The third-order valence-corrected chi connectivity index (χ3v) is 2.80. The Morgan fingerprint density at radius 3 is 2.73 bits per heavy atom. The van der Waals surface area contributed by atoms with E-state index >= 15 is 0 Å². The molecule has 7 heteroatoms. The van der Waals surface area contributed by atoms with Gasteiger partial charge in [0.1, 0.15) is 12.0 Å². The molecule has 0 atom stereocenters. The van der Waals surface area contributed by atoms with Crippen LogP contribution in [0.5, 0.6) is 5.88 Å². The summed E-state index contributed by atoms with van der Waals surface area (Å²) in [6.45, 7) is 4.34. The first-order valence-electron chi connectivity index (χ1n) is 6.93. The second kappa shape index (κ2) is 7.26. The van der Waals surface area contributed by atoms with E-state index < -0.39 is 5.97 Å². The van der Waals surface area contributed by atoms with Gasteiger partial charge in [0, 0.05) is 0 Å². The van der Waals surface area contributed by atoms with Gasteiger partial charge in [-0.3, -0.25) is 0 Å². The zero-order valence-electron chi connectivity index (χ0n) is 12.5. The van der Waals surface area contributed by atoms with Crippen LogP contribution in [0.15, 0.2) is 30.6 Å². The molecule has 0 saturated heterocycles. The van der Waals surface area contributed by atoms with Crippen LogP contribution in [0.25, 0.3) is 0 Å². The molecule has 2 rings (SSSR count). The molecule has 116 valence electrons. The van der Waals surface area contributed by atoms with E-state index in [2.05, 4.69) is 15.3 Å². The highest BCUT2D eigenvalue weighted by Crippen LogP contribution is 2.28. The third kappa shape index (κ3) is 3.43. The van der Waals surface area contributed by atoms with Gasteiger partial charge < -0.3 is 20.5 Å². The number of hydrogen-bond donors (Lipinski definition) is 2. The Morgan fingerprint density at radius 2 is 2.00 bits per heavy atom. The Hall–Kier alpha value is -2.83. The zero-order valence-corrected chi connectivity index (χ0v) is 12.5. The molecule has 1 aromatic carbocycles. The molecule has 0 unspecified atom stereocenters. The Kier molecular flexibility index (Phi) is 5.13. The Bertz CT molecular complexity index is 661. The van der Waals surface area contributed by atoms with Crippen LogP contribution in [0.3, 0.4) is 0 Å². The van der Waals surface area contributed by atoms with Crippen LogP contribution in [0.2, 0.25) is 0 Å². The van der Waals surface area contributed by atoms with Gasteiger partial charge in [0.25, 0.3) is 0 Å². The number of para-hydroxylation sites is 1. The third-order valence-electron chi connectivity index (χ3n) is 2.80. The van der Waals surface area contributed by atoms with Crippen molar-refractivity contribution in [1.29, 1.82) is 0 Å². The van der Waals surface area contributed by atoms with E-state index in [9.17, 15) is 4.79 Å². The summed E-state index contributed by atoms with van der Waals surface area (Å²) in [5.74, 6) is 0.257. The molecule has 0 amide bonds. The highest BCUT2D eigenvalue weighted by atomic mass is 16.5. The number of ether oxygens (including phenoxy) is 2. The fraction of sp³-hybridized carbons (Fsp3) is 0.267. The normalized spacial score (nSPS) is 10.1. The van der Waals surface area contributed by atoms with Crippen LogP contribution in [0.4, 0.5) is 17.2 Å². The maximum absolute atomic E-state index is 12.0. The predicted molar refractivity (Wildman–Crippen MR) is 83.3 cm³/mol. The number of nitrogens with two attached hydrogens (primary N) is 1. The van der Waals surface area contributed by atoms with Crippen molar-refractivity contribution in [2.45, 2.75) is 13.8 Å². The highest BCUT2D eigenvalue weighted by molar-refractivity contribution is 5.96. The summed E-state index contributed by atoms with van der Waals surface area (Å²) in [4.78, 5) is 20.0. The minimum atomic E-state index is -0.414. The number of carbonyl (C=O) groups excluding carboxylic acids is 1. The summed E-state index contributed by atoms with van der Waals surface area (Å²) in [5, 5.41) is 3.02. The Labute approximate surface area is 128 Å². The van der Waals surface area contributed by atoms with Crippen molar-refractivity contribution in [2.75, 3.05) is 24.3 Å². The molecule has 0 saturated carbocycles. The predicted octanol–water partition coefficient (Wildman–Crippen LogP) is 2.38. The van der Waals surface area contributed by atoms with Crippen molar-refractivity contribution >= 4 is 23.2 Å². The quantitative estimate of drug-likeness (QED) is 0.790. The topological polar surface area (TPSA) is 99.4 Å². The zero-order chi connectivity index (χ0) is 15.9. The van der Waals surface area contributed by atoms with Gasteiger partial charge in [-0.25, -0.2) is 9.78 Å². The second-order valence-corrected chi connectivity index (χ2v) is 4.27. The molecule has 3 N–H and O–H groups in total. The number of anilines is 3. The monoisotopic (exact) mass is 302 g/mol. The number of aromatic nitrogens is 2. The molecule has 1 aromatic heterocycles. The number of hydrogen-bond acceptors (Lipinski definition) is 7. The lowest BCUT2D eigenvalue weighted by Gasteiger charge is -2.13. The highest BCUT2D eigenvalue weighted by Gasteiger charge is 2.15. The molecule has 22 heavy (non-hydrogen) atoms. The van der Waals surface area contributed by atoms with E-state index in [1.807, 2.05) is 6.92 Å². The minimum Gasteiger partial charge on any atom is -0.476 e. The van der Waals surface area contributed by atoms with Crippen molar-refractivity contribution in [3.8, 4) is 5.88 Å². The van der Waals surface area contributed by atoms with Crippen LogP contribution >= 0.6 is 0 Å². The molecule has 2 aromatic rings. The largest absolute Gasteiger partial charge is 0.476 e. The average molecular weight is 302 g/mol. The van der Waals surface area contributed by atoms with Gasteiger partial charge in [-0.1, -0.05) is 12.1 Å². The molecule has 0 radical (unpaired) electrons. The molecule has 0 fully saturated rings. The van der Waals surface area contributed by atoms with E-state index in [4.69, 9.17) is 15.2 Å². The Balaban J connectivity index is 2.32. The standard InChI is InChI=1S/C15H18N4O3/c1-3-21-14-12(16)13(17-9-18-14)19-11-8-6-5-7-10(11)15(20)22-4-2/h5-9H,3-4,16H2,1-2H3,(H,17,18,19). The lowest BCUT2D eigenvalue weighted by atomic mass is 10.2. The molecule has 1 heterocycles. The lowest BCUT2D eigenvalue weighted by Crippen LogP contribution is -2.10. The number of rotatable bonds is 6. The molecule has 0 aliphatic rings. The molecular formula is C15H18N4O3. The summed E-state index contributed by atoms with van der Waals surface area (Å²) in [6.07, 6.45) is 1.34. The van der Waals surface area contributed by atoms with E-state index in [0.717, 1.165) is 0 Å². The maximum atomic E-state index is 12.0. The van der Waals surface area contributed by atoms with Crippen LogP contribution < -0.4 is 15.8 Å². The first-order chi connectivity index (χ1) is 10.7. The number of esters is 1. The van der Waals surface area contributed by atoms with Crippen molar-refractivity contribution in [3.05, 3.63) is 36.2 Å².